The summed E-state index contributed by atoms with van der Waals surface area (Å²) < 4.78 is 6.91. The summed E-state index contributed by atoms with van der Waals surface area (Å²) in [4.78, 5) is 9.33. The van der Waals surface area contributed by atoms with Crippen molar-refractivity contribution in [1.29, 1.82) is 0 Å². The zero-order chi connectivity index (χ0) is 27.8. The van der Waals surface area contributed by atoms with E-state index in [0.29, 0.717) is 13.2 Å². The van der Waals surface area contributed by atoms with Crippen LogP contribution in [0.4, 0.5) is 11.4 Å². The minimum Gasteiger partial charge on any atom is -0.352 e. The molecule has 0 saturated carbocycles. The monoisotopic (exact) mass is 635 g/mol. The van der Waals surface area contributed by atoms with E-state index in [9.17, 15) is 0 Å². The predicted molar refractivity (Wildman–Crippen MR) is 162 cm³/mol. The molecule has 2 aromatic carbocycles. The summed E-state index contributed by atoms with van der Waals surface area (Å²) in [6.07, 6.45) is 2.84. The van der Waals surface area contributed by atoms with Crippen LogP contribution >= 0.6 is 19.4 Å². The van der Waals surface area contributed by atoms with Gasteiger partial charge in [-0.1, -0.05) is 35.4 Å². The molecule has 0 aliphatic carbocycles. The third-order valence-corrected chi connectivity index (χ3v) is 8.64. The number of anilines is 2. The average Bonchev–Trinajstić information content (AvgIpc) is 3.23. The largest absolute Gasteiger partial charge is 0.352 e. The van der Waals surface area contributed by atoms with E-state index in [1.807, 2.05) is 10.8 Å². The molecule has 1 aliphatic rings. The maximum Gasteiger partial charge on any atom is 0.0904 e. The van der Waals surface area contributed by atoms with Crippen LogP contribution in [0.3, 0.4) is 0 Å². The van der Waals surface area contributed by atoms with E-state index in [1.54, 1.807) is 7.11 Å². The standard InChI is InChI=1S/C21H28N2.C9H17NO.2ClH.Ru/c1-14-9-16(3)20(17(4)10-14)22-7-8-23(13-22)21-18(5)11-15(2)12-19(21)6;1-5-9(2,3)8-10-6-7-11-4;;;/h9-12H,7-8,13H2,1-6H3;1,8H,5-7H2,2-4H3;2*1H;/q;;;;+2/p-2. The van der Waals surface area contributed by atoms with Gasteiger partial charge >= 0.3 is 99.4 Å². The van der Waals surface area contributed by atoms with E-state index >= 15 is 0 Å². The second kappa shape index (κ2) is 14.8. The maximum atomic E-state index is 5.76. The number of ether oxygens (including phenoxy) is 1. The first kappa shape index (κ1) is 32.0. The number of methoxy groups -OCH3 is 1. The molecular weight excluding hydrogens is 590 g/mol. The minimum atomic E-state index is -1.62. The van der Waals surface area contributed by atoms with Crippen LogP contribution < -0.4 is 9.80 Å². The Morgan fingerprint density at radius 3 is 1.68 bits per heavy atom. The molecular formula is C30H45Cl2N3ORu. The molecule has 0 atom stereocenters. The first-order chi connectivity index (χ1) is 17.3. The van der Waals surface area contributed by atoms with Crippen molar-refractivity contribution < 1.29 is 18.3 Å². The van der Waals surface area contributed by atoms with Gasteiger partial charge in [0, 0.05) is 24.5 Å². The van der Waals surface area contributed by atoms with Crippen molar-refractivity contribution in [3.63, 3.8) is 0 Å². The summed E-state index contributed by atoms with van der Waals surface area (Å²) in [5, 5.41) is 0. The van der Waals surface area contributed by atoms with Crippen molar-refractivity contribution in [1.82, 2.24) is 0 Å². The Morgan fingerprint density at radius 2 is 1.30 bits per heavy atom. The molecule has 0 unspecified atom stereocenters. The third-order valence-electron chi connectivity index (χ3n) is 6.46. The Hall–Kier alpha value is -1.26. The van der Waals surface area contributed by atoms with Crippen molar-refractivity contribution in [2.45, 2.75) is 61.8 Å². The molecule has 7 heteroatoms. The smallest absolute Gasteiger partial charge is 0.0904 e. The first-order valence-electron chi connectivity index (χ1n) is 12.8. The van der Waals surface area contributed by atoms with Gasteiger partial charge in [0.15, 0.2) is 0 Å². The normalized spacial score (nSPS) is 14.2. The van der Waals surface area contributed by atoms with Crippen LogP contribution in [0.15, 0.2) is 29.3 Å². The molecule has 1 fully saturated rings. The van der Waals surface area contributed by atoms with Crippen LogP contribution in [-0.2, 0) is 18.3 Å². The minimum absolute atomic E-state index is 0.0455. The first-order valence-corrected chi connectivity index (χ1v) is 18.3. The fourth-order valence-electron chi connectivity index (χ4n) is 5.05. The van der Waals surface area contributed by atoms with Crippen LogP contribution in [0, 0.1) is 47.0 Å². The summed E-state index contributed by atoms with van der Waals surface area (Å²) >= 11 is -1.62. The fraction of sp³-hybridized carbons (Fsp3) is 0.533. The van der Waals surface area contributed by atoms with Gasteiger partial charge in [-0.15, -0.1) is 0 Å². The average molecular weight is 636 g/mol. The molecule has 2 aromatic rings. The van der Waals surface area contributed by atoms with Crippen molar-refractivity contribution in [2.24, 2.45) is 10.4 Å². The molecule has 3 rings (SSSR count). The van der Waals surface area contributed by atoms with E-state index in [1.165, 1.54) is 44.8 Å². The number of hydrogen-bond acceptors (Lipinski definition) is 4. The second-order valence-electron chi connectivity index (χ2n) is 10.7. The fourth-order valence-corrected chi connectivity index (χ4v) is 6.87. The molecule has 1 aliphatic heterocycles. The Labute approximate surface area is 238 Å². The van der Waals surface area contributed by atoms with Crippen LogP contribution in [0.5, 0.6) is 0 Å². The molecule has 1 heterocycles. The van der Waals surface area contributed by atoms with Crippen molar-refractivity contribution in [3.8, 4) is 0 Å². The van der Waals surface area contributed by atoms with E-state index in [-0.39, 0.29) is 5.41 Å². The van der Waals surface area contributed by atoms with Gasteiger partial charge in [0.1, 0.15) is 0 Å². The van der Waals surface area contributed by atoms with Gasteiger partial charge in [-0.2, -0.15) is 0 Å². The molecule has 1 saturated heterocycles. The summed E-state index contributed by atoms with van der Waals surface area (Å²) in [7, 11) is 13.2. The second-order valence-corrected chi connectivity index (χ2v) is 16.7. The SMILES string of the molecule is COCCN=CC(C)(C)C[CH]=[Ru]([Cl])[Cl].Cc1cc(C)c(N2CCN(c3c(C)cc(C)cc3C)C2)c(C)c1. The summed E-state index contributed by atoms with van der Waals surface area (Å²) in [5.41, 5.74) is 11.1. The number of hydrogen-bond donors (Lipinski definition) is 0. The summed E-state index contributed by atoms with van der Waals surface area (Å²) in [5.74, 6) is 0. The number of rotatable bonds is 8. The number of aliphatic imine (C=N–C) groups is 1. The molecule has 0 bridgehead atoms. The Bertz CT molecular complexity index is 1000. The van der Waals surface area contributed by atoms with Gasteiger partial charge in [0.05, 0.1) is 6.67 Å². The van der Waals surface area contributed by atoms with Gasteiger partial charge in [0.25, 0.3) is 0 Å². The van der Waals surface area contributed by atoms with Gasteiger partial charge in [-0.3, -0.25) is 0 Å². The van der Waals surface area contributed by atoms with Crippen molar-refractivity contribution >= 4 is 41.6 Å². The predicted octanol–water partition coefficient (Wildman–Crippen LogP) is 7.67. The van der Waals surface area contributed by atoms with E-state index in [0.717, 1.165) is 26.2 Å². The molecule has 37 heavy (non-hydrogen) atoms. The third kappa shape index (κ3) is 10.1. The molecule has 208 valence electrons. The summed E-state index contributed by atoms with van der Waals surface area (Å²) in [6, 6.07) is 9.20. The zero-order valence-electron chi connectivity index (χ0n) is 24.1. The molecule has 0 spiro atoms. The van der Waals surface area contributed by atoms with Crippen molar-refractivity contribution in [3.05, 3.63) is 57.6 Å². The van der Waals surface area contributed by atoms with Gasteiger partial charge < -0.3 is 9.80 Å². The van der Waals surface area contributed by atoms with Crippen LogP contribution in [0.25, 0.3) is 0 Å². The van der Waals surface area contributed by atoms with E-state index in [2.05, 4.69) is 94.4 Å². The van der Waals surface area contributed by atoms with Crippen LogP contribution in [0.1, 0.15) is 53.6 Å². The molecule has 0 radical (unpaired) electrons. The number of nitrogens with zero attached hydrogens (tertiary/aromatic N) is 3. The maximum absolute atomic E-state index is 5.76. The van der Waals surface area contributed by atoms with Gasteiger partial charge in [-0.05, 0) is 63.8 Å². The van der Waals surface area contributed by atoms with Crippen LogP contribution in [0.2, 0.25) is 0 Å². The topological polar surface area (TPSA) is 28.1 Å². The quantitative estimate of drug-likeness (QED) is 0.169. The van der Waals surface area contributed by atoms with Crippen molar-refractivity contribution in [2.75, 3.05) is 49.8 Å². The zero-order valence-corrected chi connectivity index (χ0v) is 27.3. The van der Waals surface area contributed by atoms with Gasteiger partial charge in [0.2, 0.25) is 0 Å². The Morgan fingerprint density at radius 1 is 0.865 bits per heavy atom. The Balaban J connectivity index is 0.000000298. The molecule has 4 nitrogen and oxygen atoms in total. The van der Waals surface area contributed by atoms with Gasteiger partial charge in [-0.25, -0.2) is 0 Å². The Kier molecular flexibility index (Phi) is 12.8. The van der Waals surface area contributed by atoms with Crippen LogP contribution in [-0.4, -0.2) is 50.8 Å². The van der Waals surface area contributed by atoms with E-state index < -0.39 is 13.5 Å². The molecule has 0 amide bonds. The molecule has 0 aromatic heterocycles. The number of halogens is 2. The van der Waals surface area contributed by atoms with E-state index in [4.69, 9.17) is 24.1 Å². The number of benzene rings is 2. The summed E-state index contributed by atoms with van der Waals surface area (Å²) in [6.45, 7) is 22.1. The number of aryl methyl sites for hydroxylation is 6. The molecule has 0 N–H and O–H groups in total.